The van der Waals surface area contributed by atoms with Crippen LogP contribution >= 0.6 is 35.0 Å². The normalized spacial score (nSPS) is 18.7. The molecule has 0 aliphatic heterocycles. The van der Waals surface area contributed by atoms with Crippen molar-refractivity contribution in [1.29, 1.82) is 0 Å². The van der Waals surface area contributed by atoms with Crippen molar-refractivity contribution in [2.75, 3.05) is 12.4 Å². The number of thioether (sulfide) groups is 1. The fourth-order valence-electron chi connectivity index (χ4n) is 1.66. The quantitative estimate of drug-likeness (QED) is 0.788. The Kier molecular flexibility index (Phi) is 4.84. The molecule has 0 spiro atoms. The van der Waals surface area contributed by atoms with Gasteiger partial charge in [-0.3, -0.25) is 0 Å². The second-order valence-corrected chi connectivity index (χ2v) is 6.87. The molecule has 100 valence electrons. The Hall–Kier alpha value is 0.0700. The Bertz CT molecular complexity index is 425. The molecule has 0 saturated heterocycles. The molecule has 0 amide bonds. The first kappa shape index (κ1) is 14.5. The summed E-state index contributed by atoms with van der Waals surface area (Å²) in [5.41, 5.74) is -0.238. The Morgan fingerprint density at radius 3 is 2.67 bits per heavy atom. The largest absolute Gasteiger partial charge is 0.394 e. The number of nitrogens with one attached hydrogen (secondary N) is 1. The van der Waals surface area contributed by atoms with Gasteiger partial charge in [0.2, 0.25) is 0 Å². The molecule has 1 atom stereocenters. The maximum Gasteiger partial charge on any atom is 0.0618 e. The van der Waals surface area contributed by atoms with Crippen LogP contribution in [0.25, 0.3) is 0 Å². The summed E-state index contributed by atoms with van der Waals surface area (Å²) in [5.74, 6) is 0.804. The molecule has 1 unspecified atom stereocenters. The first-order valence-corrected chi connectivity index (χ1v) is 7.73. The highest BCUT2D eigenvalue weighted by molar-refractivity contribution is 7.99. The molecule has 0 bridgehead atoms. The van der Waals surface area contributed by atoms with Crippen LogP contribution in [-0.2, 0) is 0 Å². The van der Waals surface area contributed by atoms with Gasteiger partial charge in [0.15, 0.2) is 0 Å². The summed E-state index contributed by atoms with van der Waals surface area (Å²) in [5, 5.41) is 14.1. The van der Waals surface area contributed by atoms with Gasteiger partial charge in [-0.1, -0.05) is 23.2 Å². The third-order valence-corrected chi connectivity index (χ3v) is 5.04. The van der Waals surface area contributed by atoms with Crippen LogP contribution in [0.3, 0.4) is 0 Å². The number of hydrogen-bond acceptors (Lipinski definition) is 3. The van der Waals surface area contributed by atoms with Crippen LogP contribution in [0.5, 0.6) is 0 Å². The first-order chi connectivity index (χ1) is 8.52. The van der Waals surface area contributed by atoms with Gasteiger partial charge in [-0.25, -0.2) is 0 Å². The highest BCUT2D eigenvalue weighted by Gasteiger charge is 2.31. The van der Waals surface area contributed by atoms with E-state index in [0.29, 0.717) is 16.1 Å². The maximum absolute atomic E-state index is 9.52. The molecule has 1 aromatic rings. The van der Waals surface area contributed by atoms with Crippen molar-refractivity contribution in [1.82, 2.24) is 5.32 Å². The van der Waals surface area contributed by atoms with Gasteiger partial charge in [-0.2, -0.15) is 0 Å². The monoisotopic (exact) mass is 305 g/mol. The highest BCUT2D eigenvalue weighted by atomic mass is 35.5. The van der Waals surface area contributed by atoms with E-state index >= 15 is 0 Å². The molecule has 1 aliphatic carbocycles. The van der Waals surface area contributed by atoms with Gasteiger partial charge < -0.3 is 10.4 Å². The minimum absolute atomic E-state index is 0.137. The highest BCUT2D eigenvalue weighted by Crippen LogP contribution is 2.31. The lowest BCUT2D eigenvalue weighted by molar-refractivity contribution is 0.190. The van der Waals surface area contributed by atoms with Crippen molar-refractivity contribution in [3.63, 3.8) is 0 Å². The number of aliphatic hydroxyl groups is 1. The smallest absolute Gasteiger partial charge is 0.0618 e. The zero-order valence-electron chi connectivity index (χ0n) is 10.2. The average Bonchev–Trinajstić information content (AvgIpc) is 3.15. The fourth-order valence-corrected chi connectivity index (χ4v) is 3.05. The molecule has 1 aliphatic rings. The summed E-state index contributed by atoms with van der Waals surface area (Å²) in [6.07, 6.45) is 2.43. The lowest BCUT2D eigenvalue weighted by Crippen LogP contribution is -2.49. The van der Waals surface area contributed by atoms with E-state index in [2.05, 4.69) is 12.2 Å². The van der Waals surface area contributed by atoms with Crippen LogP contribution in [0.2, 0.25) is 10.0 Å². The van der Waals surface area contributed by atoms with E-state index in [4.69, 9.17) is 23.2 Å². The lowest BCUT2D eigenvalue weighted by atomic mass is 10.1. The number of halogens is 2. The summed E-state index contributed by atoms with van der Waals surface area (Å²) >= 11 is 13.5. The van der Waals surface area contributed by atoms with Gasteiger partial charge in [0.1, 0.15) is 0 Å². The molecular weight excluding hydrogens is 289 g/mol. The number of hydrogen-bond donors (Lipinski definition) is 2. The van der Waals surface area contributed by atoms with E-state index in [9.17, 15) is 5.11 Å². The van der Waals surface area contributed by atoms with Crippen molar-refractivity contribution in [2.24, 2.45) is 0 Å². The molecule has 2 rings (SSSR count). The third-order valence-electron chi connectivity index (χ3n) is 2.93. The average molecular weight is 306 g/mol. The summed E-state index contributed by atoms with van der Waals surface area (Å²) in [6, 6.07) is 6.20. The molecular formula is C13H17Cl2NOS. The van der Waals surface area contributed by atoms with Crippen molar-refractivity contribution in [3.05, 3.63) is 28.2 Å². The van der Waals surface area contributed by atoms with E-state index in [1.807, 2.05) is 12.1 Å². The molecule has 1 aromatic carbocycles. The second-order valence-electron chi connectivity index (χ2n) is 5.00. The maximum atomic E-state index is 9.52. The van der Waals surface area contributed by atoms with Crippen LogP contribution in [-0.4, -0.2) is 29.0 Å². The van der Waals surface area contributed by atoms with E-state index < -0.39 is 0 Å². The van der Waals surface area contributed by atoms with E-state index in [0.717, 1.165) is 10.6 Å². The number of rotatable bonds is 6. The molecule has 0 heterocycles. The molecule has 0 radical (unpaired) electrons. The lowest BCUT2D eigenvalue weighted by Gasteiger charge is -2.28. The predicted octanol–water partition coefficient (Wildman–Crippen LogP) is 3.59. The van der Waals surface area contributed by atoms with Gasteiger partial charge in [0.25, 0.3) is 0 Å². The molecule has 2 N–H and O–H groups in total. The Morgan fingerprint density at radius 1 is 1.39 bits per heavy atom. The van der Waals surface area contributed by atoms with Crippen LogP contribution in [0.4, 0.5) is 0 Å². The minimum Gasteiger partial charge on any atom is -0.394 e. The molecule has 5 heteroatoms. The van der Waals surface area contributed by atoms with Crippen LogP contribution in [0, 0.1) is 0 Å². The van der Waals surface area contributed by atoms with Gasteiger partial charge in [-0.15, -0.1) is 11.8 Å². The number of aliphatic hydroxyl groups excluding tert-OH is 1. The number of benzene rings is 1. The third kappa shape index (κ3) is 4.04. The molecule has 1 saturated carbocycles. The SMILES string of the molecule is CC(CO)(CSc1ccc(Cl)c(Cl)c1)NC1CC1. The van der Waals surface area contributed by atoms with E-state index in [1.54, 1.807) is 17.8 Å². The van der Waals surface area contributed by atoms with Crippen LogP contribution in [0.15, 0.2) is 23.1 Å². The fraction of sp³-hybridized carbons (Fsp3) is 0.538. The topological polar surface area (TPSA) is 32.3 Å². The Balaban J connectivity index is 1.93. The molecule has 2 nitrogen and oxygen atoms in total. The zero-order valence-corrected chi connectivity index (χ0v) is 12.6. The van der Waals surface area contributed by atoms with Crippen molar-refractivity contribution < 1.29 is 5.11 Å². The summed E-state index contributed by atoms with van der Waals surface area (Å²) in [7, 11) is 0. The summed E-state index contributed by atoms with van der Waals surface area (Å²) in [4.78, 5) is 1.07. The standard InChI is InChI=1S/C13H17Cl2NOS/c1-13(7-17,16-9-2-3-9)8-18-10-4-5-11(14)12(15)6-10/h4-6,9,16-17H,2-3,7-8H2,1H3. The minimum atomic E-state index is -0.238. The van der Waals surface area contributed by atoms with Gasteiger partial charge in [0, 0.05) is 22.2 Å². The molecule has 18 heavy (non-hydrogen) atoms. The van der Waals surface area contributed by atoms with E-state index in [1.165, 1.54) is 12.8 Å². The van der Waals surface area contributed by atoms with E-state index in [-0.39, 0.29) is 12.1 Å². The predicted molar refractivity (Wildman–Crippen MR) is 78.8 cm³/mol. The van der Waals surface area contributed by atoms with Crippen LogP contribution in [0.1, 0.15) is 19.8 Å². The van der Waals surface area contributed by atoms with Crippen molar-refractivity contribution in [3.8, 4) is 0 Å². The molecule has 0 aromatic heterocycles. The van der Waals surface area contributed by atoms with Crippen molar-refractivity contribution in [2.45, 2.75) is 36.2 Å². The zero-order chi connectivity index (χ0) is 13.2. The Morgan fingerprint density at radius 2 is 2.11 bits per heavy atom. The van der Waals surface area contributed by atoms with Gasteiger partial charge in [0.05, 0.1) is 16.7 Å². The molecule has 1 fully saturated rings. The summed E-state index contributed by atoms with van der Waals surface area (Å²) < 4.78 is 0. The second kappa shape index (κ2) is 6.02. The van der Waals surface area contributed by atoms with Gasteiger partial charge in [-0.05, 0) is 38.0 Å². The van der Waals surface area contributed by atoms with Crippen LogP contribution < -0.4 is 5.32 Å². The summed E-state index contributed by atoms with van der Waals surface area (Å²) in [6.45, 7) is 2.19. The Labute approximate surface area is 122 Å². The first-order valence-electron chi connectivity index (χ1n) is 5.99. The van der Waals surface area contributed by atoms with Crippen molar-refractivity contribution >= 4 is 35.0 Å². The van der Waals surface area contributed by atoms with Gasteiger partial charge >= 0.3 is 0 Å².